The van der Waals surface area contributed by atoms with Crippen molar-refractivity contribution in [1.82, 2.24) is 24.6 Å². The lowest BCUT2D eigenvalue weighted by Gasteiger charge is -2.36. The van der Waals surface area contributed by atoms with Crippen LogP contribution in [0.15, 0.2) is 55.1 Å². The van der Waals surface area contributed by atoms with Gasteiger partial charge in [0.2, 0.25) is 0 Å². The van der Waals surface area contributed by atoms with Crippen molar-refractivity contribution in [1.29, 1.82) is 0 Å². The van der Waals surface area contributed by atoms with E-state index in [1.807, 2.05) is 54.3 Å². The number of carbonyl (C=O) groups excluding carboxylic acids is 1. The number of aryl methyl sites for hydroxylation is 1. The molecule has 1 aliphatic heterocycles. The lowest BCUT2D eigenvalue weighted by Crippen LogP contribution is -2.52. The number of aromatic nitrogens is 4. The van der Waals surface area contributed by atoms with Crippen molar-refractivity contribution in [2.75, 3.05) is 18.4 Å². The van der Waals surface area contributed by atoms with Crippen LogP contribution in [-0.4, -0.2) is 38.3 Å². The van der Waals surface area contributed by atoms with Crippen LogP contribution in [0.3, 0.4) is 0 Å². The van der Waals surface area contributed by atoms with Gasteiger partial charge in [0.1, 0.15) is 11.4 Å². The van der Waals surface area contributed by atoms with Crippen LogP contribution in [0, 0.1) is 0 Å². The number of piperidine rings is 1. The Kier molecular flexibility index (Phi) is 7.23. The molecular formula is C19H24Cl2N6O. The summed E-state index contributed by atoms with van der Waals surface area (Å²) in [5.41, 5.74) is 1.07. The van der Waals surface area contributed by atoms with Gasteiger partial charge in [0.15, 0.2) is 0 Å². The van der Waals surface area contributed by atoms with Crippen LogP contribution in [-0.2, 0) is 17.4 Å². The first kappa shape index (κ1) is 21.9. The molecule has 3 heterocycles. The molecule has 1 aromatic carbocycles. The SMILES string of the molecule is Cl.Cl.Cn1ccnc1-c1cccc(NC(=O)C2(n3cccn3)CCNCC2)c1. The maximum atomic E-state index is 13.2. The summed E-state index contributed by atoms with van der Waals surface area (Å²) in [7, 11) is 1.95. The second-order valence-electron chi connectivity index (χ2n) is 6.63. The minimum absolute atomic E-state index is 0. The minimum Gasteiger partial charge on any atom is -0.334 e. The van der Waals surface area contributed by atoms with Crippen molar-refractivity contribution in [3.05, 3.63) is 55.1 Å². The lowest BCUT2D eigenvalue weighted by molar-refractivity contribution is -0.126. The Labute approximate surface area is 176 Å². The number of imidazole rings is 1. The van der Waals surface area contributed by atoms with Crippen LogP contribution in [0.1, 0.15) is 12.8 Å². The number of hydrogen-bond acceptors (Lipinski definition) is 4. The number of carbonyl (C=O) groups is 1. The van der Waals surface area contributed by atoms with Crippen molar-refractivity contribution >= 4 is 36.4 Å². The molecule has 0 radical (unpaired) electrons. The van der Waals surface area contributed by atoms with Crippen LogP contribution in [0.2, 0.25) is 0 Å². The van der Waals surface area contributed by atoms with E-state index in [0.29, 0.717) is 12.8 Å². The van der Waals surface area contributed by atoms with Gasteiger partial charge >= 0.3 is 0 Å². The monoisotopic (exact) mass is 422 g/mol. The lowest BCUT2D eigenvalue weighted by atomic mass is 9.87. The Morgan fingerprint density at radius 1 is 1.14 bits per heavy atom. The van der Waals surface area contributed by atoms with Crippen molar-refractivity contribution in [3.63, 3.8) is 0 Å². The quantitative estimate of drug-likeness (QED) is 0.677. The second-order valence-corrected chi connectivity index (χ2v) is 6.63. The van der Waals surface area contributed by atoms with Crippen molar-refractivity contribution in [3.8, 4) is 11.4 Å². The highest BCUT2D eigenvalue weighted by Crippen LogP contribution is 2.29. The molecule has 9 heteroatoms. The van der Waals surface area contributed by atoms with Crippen LogP contribution in [0.25, 0.3) is 11.4 Å². The fourth-order valence-corrected chi connectivity index (χ4v) is 3.55. The molecule has 2 aromatic heterocycles. The van der Waals surface area contributed by atoms with E-state index >= 15 is 0 Å². The van der Waals surface area contributed by atoms with Crippen LogP contribution in [0.4, 0.5) is 5.69 Å². The maximum Gasteiger partial charge on any atom is 0.252 e. The van der Waals surface area contributed by atoms with Gasteiger partial charge in [0.25, 0.3) is 5.91 Å². The molecule has 0 aliphatic carbocycles. The Balaban J connectivity index is 0.00000140. The number of anilines is 1. The molecule has 2 N–H and O–H groups in total. The van der Waals surface area contributed by atoms with E-state index in [-0.39, 0.29) is 30.7 Å². The van der Waals surface area contributed by atoms with E-state index in [0.717, 1.165) is 30.2 Å². The van der Waals surface area contributed by atoms with E-state index in [1.165, 1.54) is 0 Å². The summed E-state index contributed by atoms with van der Waals surface area (Å²) in [4.78, 5) is 17.6. The smallest absolute Gasteiger partial charge is 0.252 e. The summed E-state index contributed by atoms with van der Waals surface area (Å²) in [6.07, 6.45) is 8.68. The Bertz CT molecular complexity index is 903. The third-order valence-electron chi connectivity index (χ3n) is 5.00. The first-order valence-electron chi connectivity index (χ1n) is 8.79. The van der Waals surface area contributed by atoms with Crippen molar-refractivity contribution in [2.24, 2.45) is 7.05 Å². The van der Waals surface area contributed by atoms with Gasteiger partial charge in [-0.2, -0.15) is 5.10 Å². The van der Waals surface area contributed by atoms with E-state index in [2.05, 4.69) is 20.7 Å². The Hall–Kier alpha value is -2.35. The number of nitrogens with zero attached hydrogens (tertiary/aromatic N) is 4. The average Bonchev–Trinajstić information content (AvgIpc) is 3.34. The first-order chi connectivity index (χ1) is 12.7. The summed E-state index contributed by atoms with van der Waals surface area (Å²) in [5.74, 6) is 0.837. The number of rotatable bonds is 4. The summed E-state index contributed by atoms with van der Waals surface area (Å²) < 4.78 is 3.75. The zero-order chi connectivity index (χ0) is 18.0. The summed E-state index contributed by atoms with van der Waals surface area (Å²) in [6, 6.07) is 9.65. The molecule has 0 saturated carbocycles. The highest BCUT2D eigenvalue weighted by atomic mass is 35.5. The minimum atomic E-state index is -0.659. The van der Waals surface area contributed by atoms with Crippen LogP contribution < -0.4 is 10.6 Å². The normalized spacial score (nSPS) is 15.2. The van der Waals surface area contributed by atoms with Gasteiger partial charge in [0.05, 0.1) is 0 Å². The van der Waals surface area contributed by atoms with E-state index in [9.17, 15) is 4.79 Å². The fourth-order valence-electron chi connectivity index (χ4n) is 3.55. The van der Waals surface area contributed by atoms with Gasteiger partial charge in [-0.25, -0.2) is 4.98 Å². The molecular weight excluding hydrogens is 399 g/mol. The number of amides is 1. The van der Waals surface area contributed by atoms with Gasteiger partial charge < -0.3 is 15.2 Å². The summed E-state index contributed by atoms with van der Waals surface area (Å²) in [5, 5.41) is 10.8. The first-order valence-corrected chi connectivity index (χ1v) is 8.79. The van der Waals surface area contributed by atoms with Gasteiger partial charge in [-0.05, 0) is 44.1 Å². The maximum absolute atomic E-state index is 13.2. The summed E-state index contributed by atoms with van der Waals surface area (Å²) >= 11 is 0. The third kappa shape index (κ3) is 4.06. The van der Waals surface area contributed by atoms with Crippen molar-refractivity contribution < 1.29 is 4.79 Å². The van der Waals surface area contributed by atoms with Crippen LogP contribution in [0.5, 0.6) is 0 Å². The highest BCUT2D eigenvalue weighted by molar-refractivity contribution is 5.97. The topological polar surface area (TPSA) is 76.8 Å². The van der Waals surface area contributed by atoms with E-state index in [4.69, 9.17) is 0 Å². The molecule has 3 aromatic rings. The van der Waals surface area contributed by atoms with Gasteiger partial charge in [-0.3, -0.25) is 9.48 Å². The van der Waals surface area contributed by atoms with Crippen molar-refractivity contribution in [2.45, 2.75) is 18.4 Å². The van der Waals surface area contributed by atoms with Gasteiger partial charge in [-0.1, -0.05) is 12.1 Å². The molecule has 150 valence electrons. The third-order valence-corrected chi connectivity index (χ3v) is 5.00. The molecule has 1 saturated heterocycles. The average molecular weight is 423 g/mol. The standard InChI is InChI=1S/C19H22N6O.2ClH/c1-24-13-11-21-17(24)15-4-2-5-16(14-15)23-18(26)19(6-9-20-10-7-19)25-12-3-8-22-25;;/h2-5,8,11-14,20H,6-7,9-10H2,1H3,(H,23,26);2*1H. The Morgan fingerprint density at radius 2 is 1.93 bits per heavy atom. The zero-order valence-electron chi connectivity index (χ0n) is 15.5. The van der Waals surface area contributed by atoms with Crippen LogP contribution >= 0.6 is 24.8 Å². The van der Waals surface area contributed by atoms with E-state index < -0.39 is 5.54 Å². The number of benzene rings is 1. The fraction of sp³-hybridized carbons (Fsp3) is 0.316. The summed E-state index contributed by atoms with van der Waals surface area (Å²) in [6.45, 7) is 1.58. The number of nitrogens with one attached hydrogen (secondary N) is 2. The predicted molar refractivity (Wildman–Crippen MR) is 114 cm³/mol. The number of hydrogen-bond donors (Lipinski definition) is 2. The molecule has 0 unspecified atom stereocenters. The van der Waals surface area contributed by atoms with Gasteiger partial charge in [-0.15, -0.1) is 24.8 Å². The largest absolute Gasteiger partial charge is 0.334 e. The molecule has 1 fully saturated rings. The molecule has 0 spiro atoms. The molecule has 1 aliphatic rings. The molecule has 1 amide bonds. The van der Waals surface area contributed by atoms with Gasteiger partial charge in [0, 0.05) is 43.1 Å². The second kappa shape index (κ2) is 9.23. The molecule has 7 nitrogen and oxygen atoms in total. The highest BCUT2D eigenvalue weighted by Gasteiger charge is 2.42. The Morgan fingerprint density at radius 3 is 2.57 bits per heavy atom. The van der Waals surface area contributed by atoms with E-state index in [1.54, 1.807) is 17.1 Å². The predicted octanol–water partition coefficient (Wildman–Crippen LogP) is 2.84. The molecule has 4 rings (SSSR count). The zero-order valence-corrected chi connectivity index (χ0v) is 17.2. The number of halogens is 2. The molecule has 0 atom stereocenters. The molecule has 0 bridgehead atoms. The molecule has 28 heavy (non-hydrogen) atoms.